The van der Waals surface area contributed by atoms with Crippen molar-refractivity contribution in [3.63, 3.8) is 0 Å². The minimum absolute atomic E-state index is 0.227. The molecule has 17 heavy (non-hydrogen) atoms. The molecular formula is C13H23NOSSi. The van der Waals surface area contributed by atoms with E-state index in [0.717, 1.165) is 0 Å². The summed E-state index contributed by atoms with van der Waals surface area (Å²) in [7, 11) is -1.74. The molecule has 0 aromatic rings. The van der Waals surface area contributed by atoms with Gasteiger partial charge in [-0.05, 0) is 31.0 Å². The maximum atomic E-state index is 5.96. The summed E-state index contributed by atoms with van der Waals surface area (Å²) in [4.78, 5) is 0. The van der Waals surface area contributed by atoms with Gasteiger partial charge in [-0.25, -0.2) is 0 Å². The Morgan fingerprint density at radius 3 is 2.41 bits per heavy atom. The molecule has 1 fully saturated rings. The van der Waals surface area contributed by atoms with Crippen molar-refractivity contribution < 1.29 is 4.53 Å². The molecule has 3 aliphatic rings. The van der Waals surface area contributed by atoms with E-state index < -0.39 is 8.32 Å². The highest BCUT2D eigenvalue weighted by Crippen LogP contribution is 2.40. The van der Waals surface area contributed by atoms with Gasteiger partial charge in [0.1, 0.15) is 5.04 Å². The van der Waals surface area contributed by atoms with Crippen LogP contribution in [0.15, 0.2) is 17.3 Å². The number of hydrogen-bond donors (Lipinski definition) is 0. The third-order valence-corrected chi connectivity index (χ3v) is 9.55. The molecule has 0 spiro atoms. The molecule has 1 saturated heterocycles. The molecule has 1 aliphatic carbocycles. The first-order valence-electron chi connectivity index (χ1n) is 6.41. The van der Waals surface area contributed by atoms with Gasteiger partial charge in [-0.15, -0.1) is 0 Å². The fourth-order valence-electron chi connectivity index (χ4n) is 1.73. The summed E-state index contributed by atoms with van der Waals surface area (Å²) in [5.74, 6) is 0.523. The molecule has 3 rings (SSSR count). The highest BCUT2D eigenvalue weighted by Gasteiger charge is 2.40. The first-order chi connectivity index (χ1) is 7.79. The van der Waals surface area contributed by atoms with Crippen LogP contribution >= 0.6 is 11.8 Å². The van der Waals surface area contributed by atoms with Crippen LogP contribution in [0, 0.1) is 5.92 Å². The minimum Gasteiger partial charge on any atom is -0.454 e. The first-order valence-corrected chi connectivity index (χ1v) is 10.2. The van der Waals surface area contributed by atoms with E-state index in [-0.39, 0.29) is 5.04 Å². The summed E-state index contributed by atoms with van der Waals surface area (Å²) < 4.78 is 5.96. The molecule has 0 N–H and O–H groups in total. The fraction of sp³-hybridized carbons (Fsp3) is 0.769. The normalized spacial score (nSPS) is 31.0. The van der Waals surface area contributed by atoms with Crippen molar-refractivity contribution in [3.8, 4) is 0 Å². The molecule has 0 aromatic carbocycles. The van der Waals surface area contributed by atoms with Gasteiger partial charge in [0.15, 0.2) is 0 Å². The van der Waals surface area contributed by atoms with E-state index in [1.807, 2.05) is 11.8 Å². The monoisotopic (exact) mass is 269 g/mol. The van der Waals surface area contributed by atoms with Crippen molar-refractivity contribution in [2.45, 2.75) is 57.0 Å². The predicted octanol–water partition coefficient (Wildman–Crippen LogP) is 4.40. The van der Waals surface area contributed by atoms with Crippen LogP contribution in [0.4, 0.5) is 0 Å². The average molecular weight is 269 g/mol. The van der Waals surface area contributed by atoms with Crippen LogP contribution in [0.1, 0.15) is 33.6 Å². The van der Waals surface area contributed by atoms with E-state index in [0.29, 0.717) is 11.2 Å². The van der Waals surface area contributed by atoms with Crippen molar-refractivity contribution in [2.75, 3.05) is 0 Å². The average Bonchev–Trinajstić information content (AvgIpc) is 2.27. The molecular weight excluding hydrogens is 246 g/mol. The zero-order valence-corrected chi connectivity index (χ0v) is 13.3. The number of nitrogens with zero attached hydrogens (tertiary/aromatic N) is 1. The lowest BCUT2D eigenvalue weighted by Gasteiger charge is -2.35. The topological polar surface area (TPSA) is 21.6 Å². The molecule has 0 amide bonds. The smallest absolute Gasteiger partial charge is 0.286 e. The van der Waals surface area contributed by atoms with E-state index in [4.69, 9.17) is 4.53 Å². The molecule has 0 aromatic heterocycles. The second-order valence-electron chi connectivity index (χ2n) is 6.51. The molecule has 0 saturated carbocycles. The van der Waals surface area contributed by atoms with Crippen molar-refractivity contribution in [3.05, 3.63) is 12.2 Å². The lowest BCUT2D eigenvalue weighted by Crippen LogP contribution is -2.39. The molecule has 2 bridgehead atoms. The van der Waals surface area contributed by atoms with E-state index in [1.165, 1.54) is 17.9 Å². The van der Waals surface area contributed by atoms with E-state index in [2.05, 4.69) is 51.2 Å². The Kier molecular flexibility index (Phi) is 3.47. The molecule has 2 heterocycles. The highest BCUT2D eigenvalue weighted by atomic mass is 32.2. The van der Waals surface area contributed by atoms with Gasteiger partial charge in [-0.2, -0.15) is 0 Å². The Balaban J connectivity index is 2.05. The summed E-state index contributed by atoms with van der Waals surface area (Å²) in [6.45, 7) is 11.2. The zero-order valence-electron chi connectivity index (χ0n) is 11.5. The third-order valence-electron chi connectivity index (χ3n) is 4.08. The van der Waals surface area contributed by atoms with Crippen molar-refractivity contribution in [1.29, 1.82) is 0 Å². The Hall–Kier alpha value is -0.223. The van der Waals surface area contributed by atoms with Gasteiger partial charge in [0, 0.05) is 11.2 Å². The third kappa shape index (κ3) is 2.79. The van der Waals surface area contributed by atoms with Crippen LogP contribution in [0.5, 0.6) is 0 Å². The molecule has 2 unspecified atom stereocenters. The highest BCUT2D eigenvalue weighted by molar-refractivity contribution is 8.14. The van der Waals surface area contributed by atoms with Crippen LogP contribution in [-0.2, 0) is 4.53 Å². The predicted molar refractivity (Wildman–Crippen MR) is 79.0 cm³/mol. The van der Waals surface area contributed by atoms with Crippen LogP contribution in [0.3, 0.4) is 0 Å². The standard InChI is InChI=1S/C13H23NOSSi/c1-13(2,3)17(4,5)15-14-12-10-6-8-11(16-12)9-7-10/h6,8,10-11H,7,9H2,1-5H3. The number of rotatable bonds is 2. The van der Waals surface area contributed by atoms with E-state index in [9.17, 15) is 0 Å². The maximum absolute atomic E-state index is 5.96. The quantitative estimate of drug-likeness (QED) is 0.421. The zero-order chi connectivity index (χ0) is 12.7. The lowest BCUT2D eigenvalue weighted by molar-refractivity contribution is 0.306. The minimum atomic E-state index is -1.74. The summed E-state index contributed by atoms with van der Waals surface area (Å²) >= 11 is 1.89. The Bertz CT molecular complexity index is 357. The summed E-state index contributed by atoms with van der Waals surface area (Å²) in [6, 6.07) is 0. The molecule has 2 atom stereocenters. The second-order valence-corrected chi connectivity index (χ2v) is 12.5. The Morgan fingerprint density at radius 1 is 1.29 bits per heavy atom. The van der Waals surface area contributed by atoms with Gasteiger partial charge in [0.2, 0.25) is 0 Å². The van der Waals surface area contributed by atoms with Gasteiger partial charge in [-0.1, -0.05) is 49.8 Å². The number of thioether (sulfide) groups is 1. The lowest BCUT2D eigenvalue weighted by atomic mass is 9.96. The van der Waals surface area contributed by atoms with E-state index >= 15 is 0 Å². The van der Waals surface area contributed by atoms with Gasteiger partial charge in [0.25, 0.3) is 8.32 Å². The van der Waals surface area contributed by atoms with E-state index in [1.54, 1.807) is 0 Å². The molecule has 0 radical (unpaired) electrons. The molecule has 2 aliphatic heterocycles. The van der Waals surface area contributed by atoms with Crippen molar-refractivity contribution in [1.82, 2.24) is 0 Å². The maximum Gasteiger partial charge on any atom is 0.286 e. The number of allylic oxidation sites excluding steroid dienone is 1. The summed E-state index contributed by atoms with van der Waals surface area (Å²) in [6.07, 6.45) is 7.17. The van der Waals surface area contributed by atoms with Gasteiger partial charge >= 0.3 is 0 Å². The first kappa shape index (κ1) is 13.2. The fourth-order valence-corrected chi connectivity index (χ4v) is 3.58. The van der Waals surface area contributed by atoms with Crippen LogP contribution in [0.2, 0.25) is 18.1 Å². The second kappa shape index (κ2) is 4.46. The molecule has 2 nitrogen and oxygen atoms in total. The molecule has 96 valence electrons. The molecule has 4 heteroatoms. The number of fused-ring (bicyclic) bond motifs is 2. The van der Waals surface area contributed by atoms with Crippen LogP contribution < -0.4 is 0 Å². The van der Waals surface area contributed by atoms with Crippen molar-refractivity contribution in [2.24, 2.45) is 11.1 Å². The summed E-state index contributed by atoms with van der Waals surface area (Å²) in [5.41, 5.74) is 0. The Labute approximate surface area is 110 Å². The Morgan fingerprint density at radius 2 is 2.00 bits per heavy atom. The van der Waals surface area contributed by atoms with Crippen LogP contribution in [-0.4, -0.2) is 18.6 Å². The van der Waals surface area contributed by atoms with Gasteiger partial charge < -0.3 is 4.53 Å². The summed E-state index contributed by atoms with van der Waals surface area (Å²) in [5, 5.41) is 6.56. The number of oxime groups is 1. The number of hydrogen-bond acceptors (Lipinski definition) is 3. The van der Waals surface area contributed by atoms with Crippen LogP contribution in [0.25, 0.3) is 0 Å². The van der Waals surface area contributed by atoms with Gasteiger partial charge in [0.05, 0.1) is 0 Å². The van der Waals surface area contributed by atoms with Crippen molar-refractivity contribution >= 4 is 25.1 Å². The largest absolute Gasteiger partial charge is 0.454 e. The van der Waals surface area contributed by atoms with Gasteiger partial charge in [-0.3, -0.25) is 0 Å². The SMILES string of the molecule is CC(C)(C)[Si](C)(C)ON=C1SC2C=CC1CC2.